The second-order valence-corrected chi connectivity index (χ2v) is 9.07. The first-order chi connectivity index (χ1) is 15.7. The summed E-state index contributed by atoms with van der Waals surface area (Å²) < 4.78 is 8.80. The molecule has 0 bridgehead atoms. The highest BCUT2D eigenvalue weighted by molar-refractivity contribution is 7.99. The molecule has 32 heavy (non-hydrogen) atoms. The average molecular weight is 468 g/mol. The highest BCUT2D eigenvalue weighted by Gasteiger charge is 2.15. The van der Waals surface area contributed by atoms with Crippen molar-refractivity contribution < 1.29 is 9.53 Å². The number of hydrogen-bond donors (Lipinski definition) is 1. The van der Waals surface area contributed by atoms with Crippen LogP contribution in [0.2, 0.25) is 0 Å². The molecule has 7 nitrogen and oxygen atoms in total. The van der Waals surface area contributed by atoms with Gasteiger partial charge in [-0.1, -0.05) is 48.6 Å². The molecule has 0 spiro atoms. The van der Waals surface area contributed by atoms with Gasteiger partial charge in [0.05, 0.1) is 22.6 Å². The molecule has 0 saturated heterocycles. The molecule has 0 unspecified atom stereocenters. The number of thioether (sulfide) groups is 1. The van der Waals surface area contributed by atoms with Crippen LogP contribution in [0.5, 0.6) is 5.75 Å². The van der Waals surface area contributed by atoms with E-state index in [4.69, 9.17) is 4.74 Å². The molecule has 1 amide bonds. The van der Waals surface area contributed by atoms with E-state index < -0.39 is 0 Å². The Labute approximate surface area is 195 Å². The summed E-state index contributed by atoms with van der Waals surface area (Å²) in [5, 5.41) is 12.9. The molecule has 0 saturated carbocycles. The molecule has 0 aliphatic heterocycles. The fraction of sp³-hybridized carbons (Fsp3) is 0.304. The molecule has 4 aromatic rings. The van der Waals surface area contributed by atoms with Gasteiger partial charge in [-0.15, -0.1) is 10.2 Å². The minimum Gasteiger partial charge on any atom is -0.494 e. The number of nitrogens with one attached hydrogen (secondary N) is 1. The van der Waals surface area contributed by atoms with E-state index in [1.54, 1.807) is 0 Å². The number of fused-ring (bicyclic) bond motifs is 1. The fourth-order valence-corrected chi connectivity index (χ4v) is 4.82. The molecule has 166 valence electrons. The molecular formula is C23H25N5O2S2. The van der Waals surface area contributed by atoms with E-state index in [0.717, 1.165) is 46.8 Å². The summed E-state index contributed by atoms with van der Waals surface area (Å²) in [6.45, 7) is 5.62. The number of carbonyl (C=O) groups excluding carboxylic acids is 1. The third-order valence-electron chi connectivity index (χ3n) is 4.78. The van der Waals surface area contributed by atoms with Crippen LogP contribution >= 0.6 is 23.1 Å². The van der Waals surface area contributed by atoms with Gasteiger partial charge in [-0.3, -0.25) is 4.79 Å². The minimum absolute atomic E-state index is 0.116. The second-order valence-electron chi connectivity index (χ2n) is 7.10. The van der Waals surface area contributed by atoms with Crippen molar-refractivity contribution in [2.75, 3.05) is 17.7 Å². The van der Waals surface area contributed by atoms with Crippen LogP contribution in [0.15, 0.2) is 53.7 Å². The number of benzene rings is 2. The lowest BCUT2D eigenvalue weighted by molar-refractivity contribution is -0.113. The van der Waals surface area contributed by atoms with Crippen molar-refractivity contribution in [1.82, 2.24) is 19.7 Å². The highest BCUT2D eigenvalue weighted by atomic mass is 32.2. The summed E-state index contributed by atoms with van der Waals surface area (Å²) in [5.41, 5.74) is 1.85. The number of amides is 1. The van der Waals surface area contributed by atoms with Gasteiger partial charge in [-0.2, -0.15) is 0 Å². The molecule has 0 fully saturated rings. The maximum absolute atomic E-state index is 12.4. The molecule has 0 atom stereocenters. The second kappa shape index (κ2) is 10.6. The van der Waals surface area contributed by atoms with Crippen LogP contribution in [-0.4, -0.2) is 38.0 Å². The SMILES string of the molecule is CCCCOc1ccc(-c2nnc(SCC(=O)Nc3nc4ccccc4s3)n2CC)cc1. The Morgan fingerprint density at radius 1 is 1.12 bits per heavy atom. The van der Waals surface area contributed by atoms with E-state index in [0.29, 0.717) is 16.8 Å². The van der Waals surface area contributed by atoms with Crippen molar-refractivity contribution >= 4 is 44.4 Å². The van der Waals surface area contributed by atoms with E-state index in [-0.39, 0.29) is 11.7 Å². The number of unbranched alkanes of at least 4 members (excludes halogenated alkanes) is 1. The van der Waals surface area contributed by atoms with Gasteiger partial charge in [0.1, 0.15) is 5.75 Å². The molecule has 9 heteroatoms. The molecule has 0 aliphatic rings. The summed E-state index contributed by atoms with van der Waals surface area (Å²) in [7, 11) is 0. The number of rotatable bonds is 10. The predicted octanol–water partition coefficient (Wildman–Crippen LogP) is 5.48. The third-order valence-corrected chi connectivity index (χ3v) is 6.70. The molecule has 2 heterocycles. The molecule has 1 N–H and O–H groups in total. The van der Waals surface area contributed by atoms with Crippen molar-refractivity contribution in [3.63, 3.8) is 0 Å². The largest absolute Gasteiger partial charge is 0.494 e. The average Bonchev–Trinajstić information content (AvgIpc) is 3.41. The Morgan fingerprint density at radius 2 is 1.94 bits per heavy atom. The first-order valence-electron chi connectivity index (χ1n) is 10.6. The number of para-hydroxylation sites is 1. The Hall–Kier alpha value is -2.91. The number of hydrogen-bond acceptors (Lipinski definition) is 7. The van der Waals surface area contributed by atoms with Gasteiger partial charge in [0.2, 0.25) is 5.91 Å². The van der Waals surface area contributed by atoms with Crippen molar-refractivity contribution in [2.45, 2.75) is 38.4 Å². The van der Waals surface area contributed by atoms with Crippen molar-refractivity contribution in [2.24, 2.45) is 0 Å². The first-order valence-corrected chi connectivity index (χ1v) is 12.4. The standard InChI is InChI=1S/C23H25N5O2S2/c1-3-5-14-30-17-12-10-16(11-13-17)21-26-27-23(28(21)4-2)31-15-20(29)25-22-24-18-8-6-7-9-19(18)32-22/h6-13H,3-5,14-15H2,1-2H3,(H,24,25,29). The fourth-order valence-electron chi connectivity index (χ4n) is 3.14. The normalized spacial score (nSPS) is 11.1. The zero-order chi connectivity index (χ0) is 22.3. The lowest BCUT2D eigenvalue weighted by atomic mass is 10.2. The molecule has 2 aromatic heterocycles. The molecule has 2 aromatic carbocycles. The number of ether oxygens (including phenoxy) is 1. The molecule has 4 rings (SSSR count). The molecule has 0 aliphatic carbocycles. The van der Waals surface area contributed by atoms with Crippen molar-refractivity contribution in [3.8, 4) is 17.1 Å². The maximum Gasteiger partial charge on any atom is 0.236 e. The number of carbonyl (C=O) groups is 1. The quantitative estimate of drug-likeness (QED) is 0.245. The Morgan fingerprint density at radius 3 is 2.69 bits per heavy atom. The number of thiazole rings is 1. The summed E-state index contributed by atoms with van der Waals surface area (Å²) in [6, 6.07) is 15.7. The van der Waals surface area contributed by atoms with E-state index in [2.05, 4.69) is 27.4 Å². The zero-order valence-corrected chi connectivity index (χ0v) is 19.7. The Balaban J connectivity index is 1.38. The minimum atomic E-state index is -0.116. The van der Waals surface area contributed by atoms with E-state index in [9.17, 15) is 4.79 Å². The summed E-state index contributed by atoms with van der Waals surface area (Å²) in [6.07, 6.45) is 2.15. The van der Waals surface area contributed by atoms with Gasteiger partial charge in [-0.05, 0) is 49.7 Å². The number of aromatic nitrogens is 4. The van der Waals surface area contributed by atoms with Gasteiger partial charge in [0.15, 0.2) is 16.1 Å². The highest BCUT2D eigenvalue weighted by Crippen LogP contribution is 2.27. The van der Waals surface area contributed by atoms with E-state index >= 15 is 0 Å². The van der Waals surface area contributed by atoms with Crippen LogP contribution in [0.3, 0.4) is 0 Å². The van der Waals surface area contributed by atoms with E-state index in [1.165, 1.54) is 23.1 Å². The summed E-state index contributed by atoms with van der Waals surface area (Å²) in [4.78, 5) is 16.9. The van der Waals surface area contributed by atoms with Gasteiger partial charge in [-0.25, -0.2) is 4.98 Å². The van der Waals surface area contributed by atoms with Crippen LogP contribution < -0.4 is 10.1 Å². The predicted molar refractivity (Wildman–Crippen MR) is 131 cm³/mol. The zero-order valence-electron chi connectivity index (χ0n) is 18.1. The van der Waals surface area contributed by atoms with Crippen LogP contribution in [0, 0.1) is 0 Å². The van der Waals surface area contributed by atoms with Crippen molar-refractivity contribution in [3.05, 3.63) is 48.5 Å². The van der Waals surface area contributed by atoms with Gasteiger partial charge < -0.3 is 14.6 Å². The third kappa shape index (κ3) is 5.28. The van der Waals surface area contributed by atoms with Gasteiger partial charge in [0, 0.05) is 12.1 Å². The summed E-state index contributed by atoms with van der Waals surface area (Å²) >= 11 is 2.84. The van der Waals surface area contributed by atoms with Crippen LogP contribution in [0.4, 0.5) is 5.13 Å². The Bertz CT molecular complexity index is 1150. The van der Waals surface area contributed by atoms with E-state index in [1.807, 2.05) is 60.0 Å². The lowest BCUT2D eigenvalue weighted by Crippen LogP contribution is -2.14. The monoisotopic (exact) mass is 467 g/mol. The molecular weight excluding hydrogens is 442 g/mol. The topological polar surface area (TPSA) is 81.9 Å². The van der Waals surface area contributed by atoms with Gasteiger partial charge >= 0.3 is 0 Å². The lowest BCUT2D eigenvalue weighted by Gasteiger charge is -2.09. The van der Waals surface area contributed by atoms with Crippen LogP contribution in [-0.2, 0) is 11.3 Å². The van der Waals surface area contributed by atoms with Gasteiger partial charge in [0.25, 0.3) is 0 Å². The maximum atomic E-state index is 12.4. The summed E-state index contributed by atoms with van der Waals surface area (Å²) in [5.74, 6) is 1.75. The Kier molecular flexibility index (Phi) is 7.39. The smallest absolute Gasteiger partial charge is 0.236 e. The van der Waals surface area contributed by atoms with Crippen LogP contribution in [0.25, 0.3) is 21.6 Å². The van der Waals surface area contributed by atoms with Crippen molar-refractivity contribution in [1.29, 1.82) is 0 Å². The first kappa shape index (κ1) is 22.3. The number of anilines is 1. The number of nitrogens with zero attached hydrogens (tertiary/aromatic N) is 4. The van der Waals surface area contributed by atoms with Crippen LogP contribution in [0.1, 0.15) is 26.7 Å². The molecule has 0 radical (unpaired) electrons.